The quantitative estimate of drug-likeness (QED) is 0.567. The summed E-state index contributed by atoms with van der Waals surface area (Å²) in [6.45, 7) is 0.439. The van der Waals surface area contributed by atoms with E-state index in [0.29, 0.717) is 12.8 Å². The third-order valence-electron chi connectivity index (χ3n) is 5.79. The van der Waals surface area contributed by atoms with Crippen molar-refractivity contribution in [2.75, 3.05) is 25.0 Å². The van der Waals surface area contributed by atoms with E-state index in [9.17, 15) is 17.6 Å². The number of carbonyl (C=O) groups excluding carboxylic acids is 1. The van der Waals surface area contributed by atoms with Crippen LogP contribution in [-0.2, 0) is 14.8 Å². The lowest BCUT2D eigenvalue weighted by atomic mass is 9.96. The largest absolute Gasteiger partial charge is 0.315 e. The lowest BCUT2D eigenvalue weighted by Gasteiger charge is -2.32. The number of amides is 1. The summed E-state index contributed by atoms with van der Waals surface area (Å²) in [6, 6.07) is 17.1. The summed E-state index contributed by atoms with van der Waals surface area (Å²) in [5.41, 5.74) is 0.833. The van der Waals surface area contributed by atoms with Gasteiger partial charge in [-0.15, -0.1) is 0 Å². The van der Waals surface area contributed by atoms with Gasteiger partial charge in [-0.3, -0.25) is 4.79 Å². The van der Waals surface area contributed by atoms with E-state index in [4.69, 9.17) is 11.6 Å². The van der Waals surface area contributed by atoms with Gasteiger partial charge in [0.05, 0.1) is 15.6 Å². The van der Waals surface area contributed by atoms with E-state index in [2.05, 4.69) is 0 Å². The topological polar surface area (TPSA) is 57.7 Å². The monoisotopic (exact) mass is 460 g/mol. The first-order valence-electron chi connectivity index (χ1n) is 9.99. The van der Waals surface area contributed by atoms with Gasteiger partial charge in [0.1, 0.15) is 5.82 Å². The highest BCUT2D eigenvalue weighted by molar-refractivity contribution is 7.89. The van der Waals surface area contributed by atoms with Crippen LogP contribution in [0.15, 0.2) is 65.6 Å². The molecule has 1 aliphatic rings. The first kappa shape index (κ1) is 21.7. The molecule has 0 N–H and O–H groups in total. The smallest absolute Gasteiger partial charge is 0.243 e. The minimum Gasteiger partial charge on any atom is -0.315 e. The van der Waals surface area contributed by atoms with Crippen molar-refractivity contribution in [1.82, 2.24) is 4.31 Å². The predicted molar refractivity (Wildman–Crippen MR) is 120 cm³/mol. The Kier molecular flexibility index (Phi) is 6.01. The van der Waals surface area contributed by atoms with Gasteiger partial charge in [0.25, 0.3) is 0 Å². The molecule has 5 nitrogen and oxygen atoms in total. The van der Waals surface area contributed by atoms with E-state index in [1.165, 1.54) is 10.4 Å². The van der Waals surface area contributed by atoms with Crippen molar-refractivity contribution in [2.24, 2.45) is 5.92 Å². The first-order chi connectivity index (χ1) is 14.8. The number of fused-ring (bicyclic) bond motifs is 1. The van der Waals surface area contributed by atoms with Crippen molar-refractivity contribution in [3.8, 4) is 0 Å². The molecule has 0 spiro atoms. The number of sulfonamides is 1. The predicted octanol–water partition coefficient (Wildman–Crippen LogP) is 4.70. The highest BCUT2D eigenvalue weighted by Gasteiger charge is 2.34. The lowest BCUT2D eigenvalue weighted by Crippen LogP contribution is -2.43. The lowest BCUT2D eigenvalue weighted by molar-refractivity contribution is -0.123. The van der Waals surface area contributed by atoms with Crippen LogP contribution in [0.3, 0.4) is 0 Å². The van der Waals surface area contributed by atoms with E-state index < -0.39 is 15.8 Å². The number of hydrogen-bond acceptors (Lipinski definition) is 3. The molecule has 1 amide bonds. The van der Waals surface area contributed by atoms with Crippen LogP contribution in [-0.4, -0.2) is 38.8 Å². The van der Waals surface area contributed by atoms with Crippen molar-refractivity contribution in [3.63, 3.8) is 0 Å². The van der Waals surface area contributed by atoms with Gasteiger partial charge in [-0.2, -0.15) is 4.31 Å². The van der Waals surface area contributed by atoms with Crippen molar-refractivity contribution >= 4 is 44.0 Å². The number of halogens is 2. The maximum absolute atomic E-state index is 13.4. The van der Waals surface area contributed by atoms with Gasteiger partial charge in [0, 0.05) is 31.4 Å². The molecule has 8 heteroatoms. The molecule has 162 valence electrons. The molecule has 1 aliphatic heterocycles. The average Bonchev–Trinajstić information content (AvgIpc) is 2.79. The normalized spacial score (nSPS) is 15.8. The Labute approximate surface area is 186 Å². The number of hydrogen-bond donors (Lipinski definition) is 0. The zero-order valence-electron chi connectivity index (χ0n) is 17.0. The fourth-order valence-electron chi connectivity index (χ4n) is 4.02. The Morgan fingerprint density at radius 2 is 1.74 bits per heavy atom. The van der Waals surface area contributed by atoms with Gasteiger partial charge < -0.3 is 4.90 Å². The maximum Gasteiger partial charge on any atom is 0.243 e. The molecule has 3 aromatic carbocycles. The second-order valence-corrected chi connectivity index (χ2v) is 9.99. The van der Waals surface area contributed by atoms with Crippen LogP contribution in [0.4, 0.5) is 10.1 Å². The maximum atomic E-state index is 13.4. The van der Waals surface area contributed by atoms with E-state index in [1.807, 2.05) is 42.5 Å². The molecule has 0 radical (unpaired) electrons. The summed E-state index contributed by atoms with van der Waals surface area (Å²) >= 11 is 5.75. The fourth-order valence-corrected chi connectivity index (χ4v) is 5.76. The Morgan fingerprint density at radius 1 is 1.06 bits per heavy atom. The number of piperidine rings is 1. The van der Waals surface area contributed by atoms with Crippen LogP contribution in [0, 0.1) is 11.7 Å². The molecular weight excluding hydrogens is 439 g/mol. The van der Waals surface area contributed by atoms with Crippen molar-refractivity contribution in [2.45, 2.75) is 17.7 Å². The number of anilines is 1. The van der Waals surface area contributed by atoms with Gasteiger partial charge in [-0.25, -0.2) is 12.8 Å². The second kappa shape index (κ2) is 8.57. The molecule has 0 bridgehead atoms. The van der Waals surface area contributed by atoms with E-state index in [1.54, 1.807) is 11.9 Å². The summed E-state index contributed by atoms with van der Waals surface area (Å²) < 4.78 is 40.5. The van der Waals surface area contributed by atoms with Crippen LogP contribution in [0.1, 0.15) is 12.8 Å². The molecule has 4 rings (SSSR count). The summed E-state index contributed by atoms with van der Waals surface area (Å²) in [7, 11) is -2.04. The first-order valence-corrected chi connectivity index (χ1v) is 11.8. The highest BCUT2D eigenvalue weighted by Crippen LogP contribution is 2.30. The van der Waals surface area contributed by atoms with Gasteiger partial charge in [0.2, 0.25) is 15.9 Å². The number of carbonyl (C=O) groups is 1. The Hall–Kier alpha value is -2.48. The zero-order chi connectivity index (χ0) is 22.2. The molecule has 0 aliphatic carbocycles. The average molecular weight is 461 g/mol. The standard InChI is InChI=1S/C23H22ClFN2O3S/c1-26(22-8-4-6-16-5-2-3-7-19(16)22)23(28)17-11-13-27(14-12-17)31(29,30)18-9-10-21(25)20(24)15-18/h2-10,15,17H,11-14H2,1H3. The van der Waals surface area contributed by atoms with E-state index >= 15 is 0 Å². The zero-order valence-corrected chi connectivity index (χ0v) is 18.5. The molecule has 3 aromatic rings. The summed E-state index contributed by atoms with van der Waals surface area (Å²) in [5.74, 6) is -0.966. The molecule has 1 heterocycles. The highest BCUT2D eigenvalue weighted by atomic mass is 35.5. The Morgan fingerprint density at radius 3 is 2.45 bits per heavy atom. The number of nitrogens with zero attached hydrogens (tertiary/aromatic N) is 2. The minimum atomic E-state index is -3.79. The van der Waals surface area contributed by atoms with Gasteiger partial charge in [0.15, 0.2) is 0 Å². The summed E-state index contributed by atoms with van der Waals surface area (Å²) in [5, 5.41) is 1.82. The number of rotatable bonds is 4. The van der Waals surface area contributed by atoms with Gasteiger partial charge in [-0.1, -0.05) is 48.0 Å². The Balaban J connectivity index is 1.48. The van der Waals surface area contributed by atoms with Crippen molar-refractivity contribution in [3.05, 3.63) is 71.5 Å². The van der Waals surface area contributed by atoms with E-state index in [-0.39, 0.29) is 34.8 Å². The third-order valence-corrected chi connectivity index (χ3v) is 7.97. The molecule has 1 fully saturated rings. The van der Waals surface area contributed by atoms with Crippen molar-refractivity contribution in [1.29, 1.82) is 0 Å². The minimum absolute atomic E-state index is 0.0294. The molecule has 31 heavy (non-hydrogen) atoms. The molecule has 0 unspecified atom stereocenters. The van der Waals surface area contributed by atoms with E-state index in [0.717, 1.165) is 28.6 Å². The molecule has 1 saturated heterocycles. The van der Waals surface area contributed by atoms with Crippen LogP contribution >= 0.6 is 11.6 Å². The molecule has 0 aromatic heterocycles. The SMILES string of the molecule is CN(C(=O)C1CCN(S(=O)(=O)c2ccc(F)c(Cl)c2)CC1)c1cccc2ccccc12. The Bertz CT molecular complexity index is 1240. The number of benzene rings is 3. The van der Waals surface area contributed by atoms with Crippen LogP contribution in [0.2, 0.25) is 5.02 Å². The fraction of sp³-hybridized carbons (Fsp3) is 0.261. The molecular formula is C23H22ClFN2O3S. The summed E-state index contributed by atoms with van der Waals surface area (Å²) in [6.07, 6.45) is 0.837. The van der Waals surface area contributed by atoms with Crippen LogP contribution in [0.25, 0.3) is 10.8 Å². The van der Waals surface area contributed by atoms with Crippen LogP contribution in [0.5, 0.6) is 0 Å². The molecule has 0 saturated carbocycles. The van der Waals surface area contributed by atoms with Gasteiger partial charge in [-0.05, 0) is 42.5 Å². The van der Waals surface area contributed by atoms with Crippen molar-refractivity contribution < 1.29 is 17.6 Å². The van der Waals surface area contributed by atoms with Crippen LogP contribution < -0.4 is 4.90 Å². The second-order valence-electron chi connectivity index (χ2n) is 7.65. The van der Waals surface area contributed by atoms with Gasteiger partial charge >= 0.3 is 0 Å². The molecule has 0 atom stereocenters. The summed E-state index contributed by atoms with van der Waals surface area (Å²) in [4.78, 5) is 14.8. The third kappa shape index (κ3) is 4.18.